The third-order valence-electron chi connectivity index (χ3n) is 3.27. The van der Waals surface area contributed by atoms with Crippen molar-refractivity contribution in [3.8, 4) is 5.75 Å². The highest BCUT2D eigenvalue weighted by Crippen LogP contribution is 2.17. The third-order valence-corrected chi connectivity index (χ3v) is 3.27. The van der Waals surface area contributed by atoms with Crippen LogP contribution in [0.5, 0.6) is 5.75 Å². The van der Waals surface area contributed by atoms with E-state index in [1.165, 1.54) is 12.4 Å². The van der Waals surface area contributed by atoms with Crippen LogP contribution in [0.15, 0.2) is 36.7 Å². The number of amides is 1. The molecular weight excluding hydrogens is 304 g/mol. The number of anilines is 1. The van der Waals surface area contributed by atoms with Gasteiger partial charge in [0.15, 0.2) is 0 Å². The van der Waals surface area contributed by atoms with Gasteiger partial charge in [-0.25, -0.2) is 9.97 Å². The molecule has 0 aliphatic carbocycles. The number of benzene rings is 1. The van der Waals surface area contributed by atoms with E-state index < -0.39 is 0 Å². The fourth-order valence-corrected chi connectivity index (χ4v) is 2.17. The van der Waals surface area contributed by atoms with Gasteiger partial charge in [-0.2, -0.15) is 0 Å². The maximum atomic E-state index is 12.0. The molecule has 0 saturated heterocycles. The topological polar surface area (TPSA) is 76.1 Å². The van der Waals surface area contributed by atoms with E-state index in [4.69, 9.17) is 4.74 Å². The highest BCUT2D eigenvalue weighted by molar-refractivity contribution is 5.94. The Kier molecular flexibility index (Phi) is 5.73. The summed E-state index contributed by atoms with van der Waals surface area (Å²) in [5, 5.41) is 6.03. The summed E-state index contributed by atoms with van der Waals surface area (Å²) < 4.78 is 5.33. The summed E-state index contributed by atoms with van der Waals surface area (Å²) in [6, 6.07) is 7.90. The van der Waals surface area contributed by atoms with Crippen LogP contribution in [0.1, 0.15) is 36.7 Å². The normalized spacial score (nSPS) is 11.0. The first-order chi connectivity index (χ1) is 11.4. The summed E-state index contributed by atoms with van der Waals surface area (Å²) in [5.41, 5.74) is 1.27. The molecule has 0 unspecified atom stereocenters. The molecule has 0 atom stereocenters. The minimum absolute atomic E-state index is 0.178. The second kappa shape index (κ2) is 7.77. The average molecular weight is 328 g/mol. The van der Waals surface area contributed by atoms with E-state index in [1.807, 2.05) is 45.0 Å². The van der Waals surface area contributed by atoms with Crippen LogP contribution in [0.2, 0.25) is 0 Å². The predicted octanol–water partition coefficient (Wildman–Crippen LogP) is 2.67. The van der Waals surface area contributed by atoms with E-state index in [9.17, 15) is 4.79 Å². The van der Waals surface area contributed by atoms with Gasteiger partial charge in [-0.15, -0.1) is 0 Å². The van der Waals surface area contributed by atoms with Crippen LogP contribution < -0.4 is 15.4 Å². The molecule has 2 rings (SSSR count). The van der Waals surface area contributed by atoms with Gasteiger partial charge in [0.05, 0.1) is 12.7 Å². The van der Waals surface area contributed by atoms with Crippen LogP contribution >= 0.6 is 0 Å². The number of nitrogens with zero attached hydrogens (tertiary/aromatic N) is 2. The Bertz CT molecular complexity index is 678. The molecule has 0 spiro atoms. The van der Waals surface area contributed by atoms with Gasteiger partial charge in [-0.3, -0.25) is 4.79 Å². The number of hydrogen-bond donors (Lipinski definition) is 2. The largest absolute Gasteiger partial charge is 0.496 e. The zero-order valence-electron chi connectivity index (χ0n) is 14.6. The predicted molar refractivity (Wildman–Crippen MR) is 94.4 cm³/mol. The first-order valence-electron chi connectivity index (χ1n) is 7.89. The summed E-state index contributed by atoms with van der Waals surface area (Å²) in [5.74, 6) is 1.19. The molecule has 24 heavy (non-hydrogen) atoms. The molecule has 0 saturated carbocycles. The van der Waals surface area contributed by atoms with Crippen LogP contribution in [0.3, 0.4) is 0 Å². The Morgan fingerprint density at radius 3 is 2.46 bits per heavy atom. The second-order valence-corrected chi connectivity index (χ2v) is 6.49. The number of nitrogens with one attached hydrogen (secondary N) is 2. The summed E-state index contributed by atoms with van der Waals surface area (Å²) in [7, 11) is 1.66. The lowest BCUT2D eigenvalue weighted by Crippen LogP contribution is -2.40. The van der Waals surface area contributed by atoms with Crippen molar-refractivity contribution in [2.75, 3.05) is 19.0 Å². The monoisotopic (exact) mass is 328 g/mol. The van der Waals surface area contributed by atoms with Gasteiger partial charge < -0.3 is 15.4 Å². The van der Waals surface area contributed by atoms with Gasteiger partial charge in [-0.05, 0) is 38.8 Å². The second-order valence-electron chi connectivity index (χ2n) is 6.49. The first kappa shape index (κ1) is 17.7. The van der Waals surface area contributed by atoms with Crippen LogP contribution in [0.4, 0.5) is 5.95 Å². The van der Waals surface area contributed by atoms with Crippen molar-refractivity contribution in [1.82, 2.24) is 15.3 Å². The molecule has 0 bridgehead atoms. The number of aromatic nitrogens is 2. The number of ether oxygens (including phenoxy) is 1. The maximum Gasteiger partial charge on any atom is 0.254 e. The van der Waals surface area contributed by atoms with E-state index in [1.54, 1.807) is 7.11 Å². The highest BCUT2D eigenvalue weighted by atomic mass is 16.5. The lowest BCUT2D eigenvalue weighted by molar-refractivity contribution is 0.0919. The SMILES string of the molecule is COc1ccccc1CCNc1ncc(C(=O)NC(C)(C)C)cn1. The molecule has 128 valence electrons. The van der Waals surface area contributed by atoms with Crippen molar-refractivity contribution in [1.29, 1.82) is 0 Å². The van der Waals surface area contributed by atoms with Gasteiger partial charge in [0.1, 0.15) is 5.75 Å². The Labute approximate surface area is 142 Å². The zero-order valence-corrected chi connectivity index (χ0v) is 14.6. The Balaban J connectivity index is 1.89. The molecule has 0 aliphatic heterocycles. The van der Waals surface area contributed by atoms with Gasteiger partial charge >= 0.3 is 0 Å². The van der Waals surface area contributed by atoms with Gasteiger partial charge in [0.2, 0.25) is 5.95 Å². The maximum absolute atomic E-state index is 12.0. The molecule has 2 aromatic rings. The van der Waals surface area contributed by atoms with E-state index in [-0.39, 0.29) is 11.4 Å². The molecule has 1 aromatic heterocycles. The summed E-state index contributed by atoms with van der Waals surface area (Å²) in [6.45, 7) is 6.46. The lowest BCUT2D eigenvalue weighted by Gasteiger charge is -2.20. The first-order valence-corrected chi connectivity index (χ1v) is 7.89. The van der Waals surface area contributed by atoms with Crippen LogP contribution in [0, 0.1) is 0 Å². The Morgan fingerprint density at radius 2 is 1.83 bits per heavy atom. The zero-order chi connectivity index (χ0) is 17.6. The smallest absolute Gasteiger partial charge is 0.254 e. The highest BCUT2D eigenvalue weighted by Gasteiger charge is 2.15. The number of carbonyl (C=O) groups is 1. The van der Waals surface area contributed by atoms with Crippen molar-refractivity contribution in [3.63, 3.8) is 0 Å². The van der Waals surface area contributed by atoms with Crippen LogP contribution in [-0.4, -0.2) is 35.1 Å². The molecule has 1 aromatic carbocycles. The quantitative estimate of drug-likeness (QED) is 0.852. The van der Waals surface area contributed by atoms with E-state index >= 15 is 0 Å². The number of para-hydroxylation sites is 1. The van der Waals surface area contributed by atoms with E-state index in [2.05, 4.69) is 20.6 Å². The third kappa shape index (κ3) is 5.22. The molecule has 1 amide bonds. The molecule has 1 heterocycles. The van der Waals surface area contributed by atoms with Gasteiger partial charge in [-0.1, -0.05) is 18.2 Å². The van der Waals surface area contributed by atoms with Crippen molar-refractivity contribution >= 4 is 11.9 Å². The number of hydrogen-bond acceptors (Lipinski definition) is 5. The number of rotatable bonds is 6. The molecule has 2 N–H and O–H groups in total. The van der Waals surface area contributed by atoms with Gasteiger partial charge in [0.25, 0.3) is 5.91 Å². The summed E-state index contributed by atoms with van der Waals surface area (Å²) in [6.07, 6.45) is 3.85. The van der Waals surface area contributed by atoms with Crippen LogP contribution in [0.25, 0.3) is 0 Å². The Hall–Kier alpha value is -2.63. The molecule has 6 nitrogen and oxygen atoms in total. The molecular formula is C18H24N4O2. The number of carbonyl (C=O) groups excluding carboxylic acids is 1. The van der Waals surface area contributed by atoms with E-state index in [0.29, 0.717) is 18.1 Å². The fourth-order valence-electron chi connectivity index (χ4n) is 2.17. The molecule has 0 fully saturated rings. The molecule has 6 heteroatoms. The number of methoxy groups -OCH3 is 1. The van der Waals surface area contributed by atoms with Crippen LogP contribution in [-0.2, 0) is 6.42 Å². The Morgan fingerprint density at radius 1 is 1.17 bits per heavy atom. The molecule has 0 aliphatic rings. The molecule has 0 radical (unpaired) electrons. The minimum atomic E-state index is -0.289. The standard InChI is InChI=1S/C18H24N4O2/c1-18(2,3)22-16(23)14-11-20-17(21-12-14)19-10-9-13-7-5-6-8-15(13)24-4/h5-8,11-12H,9-10H2,1-4H3,(H,22,23)(H,19,20,21). The van der Waals surface area contributed by atoms with E-state index in [0.717, 1.165) is 17.7 Å². The van der Waals surface area contributed by atoms with Crippen molar-refractivity contribution in [2.24, 2.45) is 0 Å². The van der Waals surface area contributed by atoms with Gasteiger partial charge in [0, 0.05) is 24.5 Å². The lowest BCUT2D eigenvalue weighted by atomic mass is 10.1. The summed E-state index contributed by atoms with van der Waals surface area (Å²) >= 11 is 0. The van der Waals surface area contributed by atoms with Crippen molar-refractivity contribution in [2.45, 2.75) is 32.7 Å². The van der Waals surface area contributed by atoms with Crippen molar-refractivity contribution in [3.05, 3.63) is 47.8 Å². The van der Waals surface area contributed by atoms with Crippen molar-refractivity contribution < 1.29 is 9.53 Å². The minimum Gasteiger partial charge on any atom is -0.496 e. The fraction of sp³-hybridized carbons (Fsp3) is 0.389. The average Bonchev–Trinajstić information content (AvgIpc) is 2.54. The summed E-state index contributed by atoms with van der Waals surface area (Å²) in [4.78, 5) is 20.4.